The fourth-order valence-corrected chi connectivity index (χ4v) is 6.28. The number of nitrogens with one attached hydrogen (secondary N) is 1. The van der Waals surface area contributed by atoms with Crippen molar-refractivity contribution >= 4 is 28.9 Å². The number of H-pyrrole nitrogens is 1. The average Bonchev–Trinajstić information content (AvgIpc) is 3.39. The highest BCUT2D eigenvalue weighted by molar-refractivity contribution is 5.88. The molecule has 3 heterocycles. The molecule has 1 saturated heterocycles. The van der Waals surface area contributed by atoms with Crippen molar-refractivity contribution in [2.24, 2.45) is 11.8 Å². The van der Waals surface area contributed by atoms with E-state index in [4.69, 9.17) is 14.6 Å². The van der Waals surface area contributed by atoms with Gasteiger partial charge in [0.15, 0.2) is 5.78 Å². The fraction of sp³-hybridized carbons (Fsp3) is 0.528. The molecule has 1 amide bonds. The van der Waals surface area contributed by atoms with E-state index in [9.17, 15) is 14.4 Å². The molecule has 1 aromatic carbocycles. The molecule has 0 bridgehead atoms. The van der Waals surface area contributed by atoms with Crippen LogP contribution in [0.5, 0.6) is 5.75 Å². The Morgan fingerprint density at radius 2 is 1.91 bits per heavy atom. The maximum atomic E-state index is 12.3. The van der Waals surface area contributed by atoms with Crippen molar-refractivity contribution < 1.29 is 24.2 Å². The van der Waals surface area contributed by atoms with E-state index < -0.39 is 0 Å². The Balaban J connectivity index is 0.000000240. The number of carbonyl (C=O) groups is 3. The largest absolute Gasteiger partial charge is 0.497 e. The van der Waals surface area contributed by atoms with Gasteiger partial charge in [0.2, 0.25) is 5.91 Å². The van der Waals surface area contributed by atoms with Crippen molar-refractivity contribution in [2.45, 2.75) is 97.4 Å². The van der Waals surface area contributed by atoms with Gasteiger partial charge in [0.1, 0.15) is 11.6 Å². The molecular formula is C36H50N4O6. The second-order valence-electron chi connectivity index (χ2n) is 12.1. The van der Waals surface area contributed by atoms with Crippen molar-refractivity contribution in [3.05, 3.63) is 64.7 Å². The predicted molar refractivity (Wildman–Crippen MR) is 180 cm³/mol. The normalized spacial score (nSPS) is 18.7. The van der Waals surface area contributed by atoms with Gasteiger partial charge in [-0.2, -0.15) is 5.10 Å². The highest BCUT2D eigenvalue weighted by Gasteiger charge is 2.36. The topological polar surface area (TPSA) is 135 Å². The quantitative estimate of drug-likeness (QED) is 0.121. The number of benzene rings is 1. The molecule has 1 aliphatic heterocycles. The number of allylic oxidation sites excluding steroid dienone is 2. The zero-order valence-electron chi connectivity index (χ0n) is 27.7. The second-order valence-corrected chi connectivity index (χ2v) is 12.1. The van der Waals surface area contributed by atoms with Gasteiger partial charge in [-0.1, -0.05) is 44.3 Å². The molecule has 0 radical (unpaired) electrons. The number of hydrogen-bond acceptors (Lipinski definition) is 6. The maximum absolute atomic E-state index is 12.3. The zero-order valence-corrected chi connectivity index (χ0v) is 27.7. The van der Waals surface area contributed by atoms with Crippen LogP contribution in [0.15, 0.2) is 59.2 Å². The molecule has 3 atom stereocenters. The summed E-state index contributed by atoms with van der Waals surface area (Å²) in [5.74, 6) is 3.53. The number of amides is 1. The van der Waals surface area contributed by atoms with Gasteiger partial charge < -0.3 is 19.7 Å². The molecule has 2 unspecified atom stereocenters. The van der Waals surface area contributed by atoms with E-state index in [1.165, 1.54) is 38.5 Å². The van der Waals surface area contributed by atoms with Crippen molar-refractivity contribution in [3.8, 4) is 11.6 Å². The Hall–Kier alpha value is -4.21. The number of nitrogens with zero attached hydrogens (tertiary/aromatic N) is 3. The van der Waals surface area contributed by atoms with Crippen LogP contribution in [0.25, 0.3) is 16.6 Å². The summed E-state index contributed by atoms with van der Waals surface area (Å²) in [6.45, 7) is 6.72. The Morgan fingerprint density at radius 3 is 2.59 bits per heavy atom. The number of unbranched alkanes of at least 4 members (excludes halogenated alkanes) is 4. The van der Waals surface area contributed by atoms with E-state index in [1.54, 1.807) is 54.9 Å². The standard InChI is InChI=1S/C22H37NO2.C13H11N3O2.CH2O2/c1-4-11-19-16-20(19)17(2)12-8-6-5-7-9-14-22(25)23-15-10-13-21(23)18(3)24;1-18-10-3-4-11-9(7-10)8-12(15-13(11)17)16-6-2-5-14-16;2-1-3/h12,19-21H,4-11,13-16H2,1-3H3;2-8H,1H3,(H,15,17);1H,(H,2,3)/b17-12-;;/t19?,20-,21?;;/m0../s1. The van der Waals surface area contributed by atoms with Crippen LogP contribution in [0.2, 0.25) is 0 Å². The lowest BCUT2D eigenvalue weighted by Crippen LogP contribution is -2.39. The summed E-state index contributed by atoms with van der Waals surface area (Å²) in [5.41, 5.74) is 1.47. The van der Waals surface area contributed by atoms with Gasteiger partial charge in [-0.3, -0.25) is 19.2 Å². The summed E-state index contributed by atoms with van der Waals surface area (Å²) in [7, 11) is 1.60. The van der Waals surface area contributed by atoms with Crippen LogP contribution < -0.4 is 10.3 Å². The minimum atomic E-state index is -0.250. The fourth-order valence-electron chi connectivity index (χ4n) is 6.28. The number of methoxy groups -OCH3 is 1. The maximum Gasteiger partial charge on any atom is 0.290 e. The van der Waals surface area contributed by atoms with Crippen LogP contribution in [0.3, 0.4) is 0 Å². The number of ketones is 1. The molecule has 250 valence electrons. The lowest BCUT2D eigenvalue weighted by molar-refractivity contribution is -0.137. The predicted octanol–water partition coefficient (Wildman–Crippen LogP) is 6.71. The van der Waals surface area contributed by atoms with Crippen molar-refractivity contribution in [1.29, 1.82) is 0 Å². The number of likely N-dealkylation sites (tertiary alicyclic amines) is 1. The van der Waals surface area contributed by atoms with Gasteiger partial charge in [0, 0.05) is 30.7 Å². The Bertz CT molecular complexity index is 1500. The lowest BCUT2D eigenvalue weighted by Gasteiger charge is -2.22. The molecule has 2 fully saturated rings. The first-order valence-electron chi connectivity index (χ1n) is 16.5. The molecule has 5 rings (SSSR count). The number of Topliss-reactive ketones (excluding diaryl/α,β-unsaturated/α-hetero) is 1. The Kier molecular flexibility index (Phi) is 14.7. The van der Waals surface area contributed by atoms with Crippen LogP contribution in [-0.4, -0.2) is 62.6 Å². The molecule has 1 saturated carbocycles. The zero-order chi connectivity index (χ0) is 33.5. The van der Waals surface area contributed by atoms with Gasteiger partial charge in [-0.25, -0.2) is 4.68 Å². The average molecular weight is 635 g/mol. The molecule has 0 spiro atoms. The van der Waals surface area contributed by atoms with E-state index in [0.717, 1.165) is 55.2 Å². The SMILES string of the molecule is CCCC1C[C@H]1/C(C)=C\CCCCCCC(=O)N1CCCC1C(C)=O.COc1ccc2c(=O)[nH]c(-n3cccn3)cc2c1.O=CO. The summed E-state index contributed by atoms with van der Waals surface area (Å²) in [6.07, 6.45) is 18.2. The number of aromatic amines is 1. The summed E-state index contributed by atoms with van der Waals surface area (Å²) in [5, 5.41) is 12.4. The lowest BCUT2D eigenvalue weighted by atomic mass is 10.0. The summed E-state index contributed by atoms with van der Waals surface area (Å²) in [4.78, 5) is 48.8. The molecule has 2 aromatic heterocycles. The third-order valence-corrected chi connectivity index (χ3v) is 8.81. The Morgan fingerprint density at radius 1 is 1.15 bits per heavy atom. The van der Waals surface area contributed by atoms with Crippen molar-refractivity contribution in [3.63, 3.8) is 0 Å². The molecule has 46 heavy (non-hydrogen) atoms. The first-order chi connectivity index (χ1) is 22.2. The first kappa shape index (κ1) is 36.3. The van der Waals surface area contributed by atoms with Gasteiger partial charge in [0.05, 0.1) is 13.2 Å². The second kappa shape index (κ2) is 18.7. The van der Waals surface area contributed by atoms with Crippen molar-refractivity contribution in [1.82, 2.24) is 19.7 Å². The number of aromatic nitrogens is 3. The molecule has 1 aliphatic carbocycles. The number of carboxylic acid groups (broad SMARTS) is 1. The van der Waals surface area contributed by atoms with Crippen LogP contribution in [0.4, 0.5) is 0 Å². The Labute approximate surface area is 271 Å². The third-order valence-electron chi connectivity index (χ3n) is 8.81. The van der Waals surface area contributed by atoms with E-state index in [-0.39, 0.29) is 29.8 Å². The van der Waals surface area contributed by atoms with Gasteiger partial charge >= 0.3 is 0 Å². The van der Waals surface area contributed by atoms with Crippen LogP contribution >= 0.6 is 0 Å². The van der Waals surface area contributed by atoms with Crippen LogP contribution in [0.1, 0.15) is 91.4 Å². The van der Waals surface area contributed by atoms with E-state index in [0.29, 0.717) is 17.6 Å². The summed E-state index contributed by atoms with van der Waals surface area (Å²) >= 11 is 0. The molecule has 2 N–H and O–H groups in total. The smallest absolute Gasteiger partial charge is 0.290 e. The number of fused-ring (bicyclic) bond motifs is 1. The summed E-state index contributed by atoms with van der Waals surface area (Å²) in [6, 6.07) is 8.88. The van der Waals surface area contributed by atoms with Crippen LogP contribution in [0, 0.1) is 11.8 Å². The summed E-state index contributed by atoms with van der Waals surface area (Å²) < 4.78 is 6.77. The number of hydrogen-bond donors (Lipinski definition) is 2. The molecule has 10 nitrogen and oxygen atoms in total. The minimum Gasteiger partial charge on any atom is -0.497 e. The molecular weight excluding hydrogens is 584 g/mol. The van der Waals surface area contributed by atoms with E-state index >= 15 is 0 Å². The molecule has 10 heteroatoms. The third kappa shape index (κ3) is 10.7. The van der Waals surface area contributed by atoms with E-state index in [2.05, 4.69) is 30.0 Å². The van der Waals surface area contributed by atoms with Crippen LogP contribution in [-0.2, 0) is 14.4 Å². The minimum absolute atomic E-state index is 0.138. The number of carbonyl (C=O) groups excluding carboxylic acids is 2. The van der Waals surface area contributed by atoms with Crippen molar-refractivity contribution in [2.75, 3.05) is 13.7 Å². The first-order valence-corrected chi connectivity index (χ1v) is 16.5. The number of ether oxygens (including phenoxy) is 1. The monoisotopic (exact) mass is 634 g/mol. The number of rotatable bonds is 13. The van der Waals surface area contributed by atoms with Gasteiger partial charge in [-0.15, -0.1) is 0 Å². The molecule has 3 aromatic rings. The highest BCUT2D eigenvalue weighted by atomic mass is 16.5. The molecule has 2 aliphatic rings. The van der Waals surface area contributed by atoms with E-state index in [1.807, 2.05) is 17.0 Å². The number of pyridine rings is 1. The van der Waals surface area contributed by atoms with Gasteiger partial charge in [-0.05, 0) is 99.9 Å². The highest BCUT2D eigenvalue weighted by Crippen LogP contribution is 2.47. The van der Waals surface area contributed by atoms with Gasteiger partial charge in [0.25, 0.3) is 12.0 Å².